The molecule has 0 spiro atoms. The lowest BCUT2D eigenvalue weighted by molar-refractivity contribution is -0.385. The lowest BCUT2D eigenvalue weighted by Crippen LogP contribution is -2.18. The van der Waals surface area contributed by atoms with Crippen molar-refractivity contribution in [1.82, 2.24) is 15.1 Å². The Hall–Kier alpha value is -2.74. The highest BCUT2D eigenvalue weighted by molar-refractivity contribution is 5.91. The van der Waals surface area contributed by atoms with Crippen molar-refractivity contribution in [2.75, 3.05) is 7.05 Å². The zero-order valence-corrected chi connectivity index (χ0v) is 10.6. The zero-order valence-electron chi connectivity index (χ0n) is 10.6. The number of aliphatic hydroxyl groups excluding tert-OH is 1. The summed E-state index contributed by atoms with van der Waals surface area (Å²) in [4.78, 5) is 21.6. The number of rotatable bonds is 4. The molecule has 1 amide bonds. The van der Waals surface area contributed by atoms with E-state index in [9.17, 15) is 20.0 Å². The van der Waals surface area contributed by atoms with E-state index in [1.54, 1.807) is 6.20 Å². The fraction of sp³-hybridized carbons (Fsp3) is 0.167. The molecule has 0 saturated carbocycles. The Labute approximate surface area is 113 Å². The molecule has 2 N–H and O–H groups in total. The van der Waals surface area contributed by atoms with Crippen LogP contribution in [0.2, 0.25) is 0 Å². The quantitative estimate of drug-likeness (QED) is 0.628. The molecule has 0 fully saturated rings. The summed E-state index contributed by atoms with van der Waals surface area (Å²) in [5, 5.41) is 26.5. The molecule has 104 valence electrons. The minimum atomic E-state index is -0.561. The van der Waals surface area contributed by atoms with Gasteiger partial charge in [-0.15, -0.1) is 0 Å². The van der Waals surface area contributed by atoms with Crippen molar-refractivity contribution in [1.29, 1.82) is 0 Å². The average Bonchev–Trinajstić information content (AvgIpc) is 2.95. The van der Waals surface area contributed by atoms with Crippen LogP contribution in [0.25, 0.3) is 5.69 Å². The van der Waals surface area contributed by atoms with Crippen molar-refractivity contribution in [3.63, 3.8) is 0 Å². The van der Waals surface area contributed by atoms with Gasteiger partial charge in [0.15, 0.2) is 5.69 Å². The molecule has 0 aliphatic heterocycles. The summed E-state index contributed by atoms with van der Waals surface area (Å²) in [6, 6.07) is 5.78. The SMILES string of the molecule is CNC(=O)c1ccn(-c2ccc([N+](=O)[O-])c(CO)c2)n1. The van der Waals surface area contributed by atoms with Crippen LogP contribution in [0.15, 0.2) is 30.5 Å². The molecule has 0 aliphatic rings. The summed E-state index contributed by atoms with van der Waals surface area (Å²) >= 11 is 0. The number of hydrogen-bond acceptors (Lipinski definition) is 5. The predicted molar refractivity (Wildman–Crippen MR) is 69.5 cm³/mol. The van der Waals surface area contributed by atoms with E-state index in [0.29, 0.717) is 5.69 Å². The molecule has 1 aromatic heterocycles. The van der Waals surface area contributed by atoms with E-state index in [0.717, 1.165) is 0 Å². The van der Waals surface area contributed by atoms with Crippen molar-refractivity contribution in [2.45, 2.75) is 6.61 Å². The minimum Gasteiger partial charge on any atom is -0.391 e. The summed E-state index contributed by atoms with van der Waals surface area (Å²) in [6.45, 7) is -0.451. The van der Waals surface area contributed by atoms with Crippen molar-refractivity contribution in [3.8, 4) is 5.69 Å². The Balaban J connectivity index is 2.40. The number of nitro benzene ring substituents is 1. The molecule has 0 radical (unpaired) electrons. The number of aliphatic hydroxyl groups is 1. The van der Waals surface area contributed by atoms with Gasteiger partial charge >= 0.3 is 0 Å². The Bertz CT molecular complexity index is 665. The number of hydrogen-bond donors (Lipinski definition) is 2. The molecule has 0 saturated heterocycles. The Morgan fingerprint density at radius 2 is 2.25 bits per heavy atom. The van der Waals surface area contributed by atoms with E-state index in [2.05, 4.69) is 10.4 Å². The number of benzene rings is 1. The molecule has 2 rings (SSSR count). The highest BCUT2D eigenvalue weighted by Crippen LogP contribution is 2.21. The maximum absolute atomic E-state index is 11.4. The van der Waals surface area contributed by atoms with E-state index < -0.39 is 11.5 Å². The topological polar surface area (TPSA) is 110 Å². The van der Waals surface area contributed by atoms with Gasteiger partial charge in [-0.05, 0) is 18.2 Å². The number of amides is 1. The molecule has 8 heteroatoms. The summed E-state index contributed by atoms with van der Waals surface area (Å²) in [6.07, 6.45) is 1.56. The lowest BCUT2D eigenvalue weighted by Gasteiger charge is -2.04. The van der Waals surface area contributed by atoms with Gasteiger partial charge in [0.05, 0.1) is 22.8 Å². The van der Waals surface area contributed by atoms with Crippen LogP contribution in [0.4, 0.5) is 5.69 Å². The van der Waals surface area contributed by atoms with Crippen molar-refractivity contribution in [3.05, 3.63) is 51.8 Å². The predicted octanol–water partition coefficient (Wildman–Crippen LogP) is 0.632. The van der Waals surface area contributed by atoms with Crippen LogP contribution in [-0.2, 0) is 6.61 Å². The van der Waals surface area contributed by atoms with E-state index in [1.165, 1.54) is 36.0 Å². The Morgan fingerprint density at radius 1 is 1.50 bits per heavy atom. The van der Waals surface area contributed by atoms with Crippen molar-refractivity contribution >= 4 is 11.6 Å². The first-order valence-electron chi connectivity index (χ1n) is 5.73. The Morgan fingerprint density at radius 3 is 2.85 bits per heavy atom. The highest BCUT2D eigenvalue weighted by atomic mass is 16.6. The molecular formula is C12H12N4O4. The van der Waals surface area contributed by atoms with E-state index in [-0.39, 0.29) is 22.9 Å². The number of nitrogens with zero attached hydrogens (tertiary/aromatic N) is 3. The maximum Gasteiger partial charge on any atom is 0.275 e. The summed E-state index contributed by atoms with van der Waals surface area (Å²) in [5.74, 6) is -0.326. The number of carbonyl (C=O) groups is 1. The van der Waals surface area contributed by atoms with E-state index in [4.69, 9.17) is 0 Å². The van der Waals surface area contributed by atoms with Crippen LogP contribution in [0.3, 0.4) is 0 Å². The first-order chi connectivity index (χ1) is 9.56. The standard InChI is InChI=1S/C12H12N4O4/c1-13-12(18)10-4-5-15(14-10)9-2-3-11(16(19)20)8(6-9)7-17/h2-6,17H,7H2,1H3,(H,13,18). The Kier molecular flexibility index (Phi) is 3.76. The average molecular weight is 276 g/mol. The maximum atomic E-state index is 11.4. The number of nitro groups is 1. The van der Waals surface area contributed by atoms with Gasteiger partial charge in [-0.2, -0.15) is 5.10 Å². The van der Waals surface area contributed by atoms with Gasteiger partial charge < -0.3 is 10.4 Å². The van der Waals surface area contributed by atoms with Crippen LogP contribution in [0.1, 0.15) is 16.1 Å². The van der Waals surface area contributed by atoms with Crippen LogP contribution in [-0.4, -0.2) is 32.8 Å². The normalized spacial score (nSPS) is 10.3. The first-order valence-corrected chi connectivity index (χ1v) is 5.73. The van der Waals surface area contributed by atoms with Crippen LogP contribution >= 0.6 is 0 Å². The molecule has 0 unspecified atom stereocenters. The second-order valence-electron chi connectivity index (χ2n) is 3.95. The third kappa shape index (κ3) is 2.50. The summed E-state index contributed by atoms with van der Waals surface area (Å²) in [5.41, 5.74) is 0.783. The third-order valence-corrected chi connectivity index (χ3v) is 2.74. The van der Waals surface area contributed by atoms with Gasteiger partial charge in [0.25, 0.3) is 11.6 Å². The van der Waals surface area contributed by atoms with Gasteiger partial charge in [0, 0.05) is 19.3 Å². The lowest BCUT2D eigenvalue weighted by atomic mass is 10.1. The molecule has 20 heavy (non-hydrogen) atoms. The van der Waals surface area contributed by atoms with Gasteiger partial charge in [0.2, 0.25) is 0 Å². The largest absolute Gasteiger partial charge is 0.391 e. The molecule has 1 heterocycles. The molecule has 0 aliphatic carbocycles. The molecule has 0 atom stereocenters. The fourth-order valence-electron chi connectivity index (χ4n) is 1.74. The second-order valence-corrected chi connectivity index (χ2v) is 3.95. The second kappa shape index (κ2) is 5.49. The number of aromatic nitrogens is 2. The highest BCUT2D eigenvalue weighted by Gasteiger charge is 2.15. The summed E-state index contributed by atoms with van der Waals surface area (Å²) in [7, 11) is 1.50. The molecule has 0 bridgehead atoms. The van der Waals surface area contributed by atoms with Crippen LogP contribution in [0.5, 0.6) is 0 Å². The zero-order chi connectivity index (χ0) is 14.7. The van der Waals surface area contributed by atoms with Gasteiger partial charge in [-0.25, -0.2) is 4.68 Å². The third-order valence-electron chi connectivity index (χ3n) is 2.74. The molecular weight excluding hydrogens is 264 g/mol. The minimum absolute atomic E-state index is 0.157. The summed E-state index contributed by atoms with van der Waals surface area (Å²) < 4.78 is 1.41. The fourth-order valence-corrected chi connectivity index (χ4v) is 1.74. The molecule has 2 aromatic rings. The van der Waals surface area contributed by atoms with E-state index >= 15 is 0 Å². The molecule has 8 nitrogen and oxygen atoms in total. The van der Waals surface area contributed by atoms with Gasteiger partial charge in [0.1, 0.15) is 0 Å². The monoisotopic (exact) mass is 276 g/mol. The van der Waals surface area contributed by atoms with E-state index in [1.807, 2.05) is 0 Å². The van der Waals surface area contributed by atoms with Crippen LogP contribution in [0, 0.1) is 10.1 Å². The first kappa shape index (κ1) is 13.7. The molecule has 1 aromatic carbocycles. The number of nitrogens with one attached hydrogen (secondary N) is 1. The number of carbonyl (C=O) groups excluding carboxylic acids is 1. The van der Waals surface area contributed by atoms with Crippen molar-refractivity contribution < 1.29 is 14.8 Å². The van der Waals surface area contributed by atoms with Crippen molar-refractivity contribution in [2.24, 2.45) is 0 Å². The van der Waals surface area contributed by atoms with Gasteiger partial charge in [-0.3, -0.25) is 14.9 Å². The van der Waals surface area contributed by atoms with Crippen LogP contribution < -0.4 is 5.32 Å². The smallest absolute Gasteiger partial charge is 0.275 e. The van der Waals surface area contributed by atoms with Gasteiger partial charge in [-0.1, -0.05) is 0 Å².